The molecule has 4 N–H and O–H groups in total. The molecule has 0 aliphatic heterocycles. The van der Waals surface area contributed by atoms with Crippen molar-refractivity contribution in [1.82, 2.24) is 5.32 Å². The van der Waals surface area contributed by atoms with Crippen molar-refractivity contribution >= 4 is 11.6 Å². The molecule has 1 aromatic rings. The maximum atomic E-state index is 13.1. The highest BCUT2D eigenvalue weighted by Crippen LogP contribution is 2.26. The van der Waals surface area contributed by atoms with Crippen LogP contribution < -0.4 is 10.6 Å². The van der Waals surface area contributed by atoms with Crippen LogP contribution in [-0.4, -0.2) is 47.6 Å². The van der Waals surface area contributed by atoms with Gasteiger partial charge in [0.15, 0.2) is 0 Å². The van der Waals surface area contributed by atoms with Crippen LogP contribution in [-0.2, 0) is 0 Å². The number of unbranched alkanes of at least 4 members (excludes halogenated alkanes) is 11. The van der Waals surface area contributed by atoms with Crippen LogP contribution in [0.2, 0.25) is 0 Å². The molecule has 2 unspecified atom stereocenters. The number of hydrogen-bond donors (Lipinski definition) is 4. The van der Waals surface area contributed by atoms with E-state index in [-0.39, 0.29) is 6.54 Å². The Labute approximate surface area is 208 Å². The number of amides is 1. The lowest BCUT2D eigenvalue weighted by molar-refractivity contribution is -0.137. The standard InChI is InChI=1S/C27H45F3N2O3/c1-2-3-4-5-6-7-8-9-10-11-12-13-14-24(19-27(28,29)30)32-23-17-15-22(16-18-23)26(35)31-20-25(34)21-33/h15-18,24-25,32-34H,2-14,19-21H2,1H3,(H,31,35). The molecule has 0 radical (unpaired) electrons. The van der Waals surface area contributed by atoms with Crippen LogP contribution >= 0.6 is 0 Å². The second kappa shape index (κ2) is 18.5. The van der Waals surface area contributed by atoms with Gasteiger partial charge in [-0.15, -0.1) is 0 Å². The lowest BCUT2D eigenvalue weighted by Gasteiger charge is -2.21. The van der Waals surface area contributed by atoms with E-state index in [1.165, 1.54) is 63.5 Å². The van der Waals surface area contributed by atoms with E-state index in [0.29, 0.717) is 17.7 Å². The molecule has 35 heavy (non-hydrogen) atoms. The van der Waals surface area contributed by atoms with Crippen molar-refractivity contribution in [3.63, 3.8) is 0 Å². The summed E-state index contributed by atoms with van der Waals surface area (Å²) in [6.07, 6.45) is 8.45. The van der Waals surface area contributed by atoms with Crippen molar-refractivity contribution in [2.45, 2.75) is 115 Å². The van der Waals surface area contributed by atoms with Crippen LogP contribution in [0.3, 0.4) is 0 Å². The molecule has 0 heterocycles. The Morgan fingerprint density at radius 3 is 1.89 bits per heavy atom. The fourth-order valence-electron chi connectivity index (χ4n) is 4.07. The van der Waals surface area contributed by atoms with E-state index in [9.17, 15) is 23.1 Å². The van der Waals surface area contributed by atoms with Gasteiger partial charge < -0.3 is 20.8 Å². The molecule has 0 aromatic heterocycles. The highest BCUT2D eigenvalue weighted by Gasteiger charge is 2.31. The van der Waals surface area contributed by atoms with E-state index in [4.69, 9.17) is 5.11 Å². The molecule has 0 saturated heterocycles. The normalized spacial score (nSPS) is 13.4. The van der Waals surface area contributed by atoms with Gasteiger partial charge in [-0.25, -0.2) is 0 Å². The van der Waals surface area contributed by atoms with Crippen molar-refractivity contribution in [3.05, 3.63) is 29.8 Å². The minimum atomic E-state index is -4.25. The van der Waals surface area contributed by atoms with E-state index in [1.54, 1.807) is 12.1 Å². The minimum absolute atomic E-state index is 0.0813. The molecule has 0 spiro atoms. The molecule has 1 rings (SSSR count). The van der Waals surface area contributed by atoms with Crippen molar-refractivity contribution in [1.29, 1.82) is 0 Å². The van der Waals surface area contributed by atoms with Crippen LogP contribution in [0, 0.1) is 0 Å². The summed E-state index contributed by atoms with van der Waals surface area (Å²) in [7, 11) is 0. The van der Waals surface area contributed by atoms with Gasteiger partial charge in [0, 0.05) is 23.8 Å². The van der Waals surface area contributed by atoms with Crippen molar-refractivity contribution in [2.24, 2.45) is 0 Å². The van der Waals surface area contributed by atoms with E-state index < -0.39 is 37.3 Å². The van der Waals surface area contributed by atoms with Crippen LogP contribution in [0.15, 0.2) is 24.3 Å². The average molecular weight is 503 g/mol. The minimum Gasteiger partial charge on any atom is -0.394 e. The lowest BCUT2D eigenvalue weighted by Crippen LogP contribution is -2.33. The quantitative estimate of drug-likeness (QED) is 0.152. The number of aliphatic hydroxyl groups is 2. The van der Waals surface area contributed by atoms with Gasteiger partial charge in [-0.2, -0.15) is 13.2 Å². The predicted octanol–water partition coefficient (Wildman–Crippen LogP) is 6.59. The van der Waals surface area contributed by atoms with Crippen molar-refractivity contribution in [3.8, 4) is 0 Å². The topological polar surface area (TPSA) is 81.6 Å². The molecule has 1 aromatic carbocycles. The molecule has 8 heteroatoms. The number of aliphatic hydroxyl groups excluding tert-OH is 2. The Hall–Kier alpha value is -1.80. The monoisotopic (exact) mass is 502 g/mol. The summed E-state index contributed by atoms with van der Waals surface area (Å²) in [5, 5.41) is 23.6. The molecule has 0 fully saturated rings. The molecule has 0 saturated carbocycles. The summed E-state index contributed by atoms with van der Waals surface area (Å²) in [6, 6.07) is 5.51. The highest BCUT2D eigenvalue weighted by molar-refractivity contribution is 5.94. The summed E-state index contributed by atoms with van der Waals surface area (Å²) < 4.78 is 39.2. The van der Waals surface area contributed by atoms with Gasteiger partial charge >= 0.3 is 6.18 Å². The van der Waals surface area contributed by atoms with Crippen LogP contribution in [0.4, 0.5) is 18.9 Å². The van der Waals surface area contributed by atoms with Crippen molar-refractivity contribution < 1.29 is 28.2 Å². The fourth-order valence-corrected chi connectivity index (χ4v) is 4.07. The third-order valence-electron chi connectivity index (χ3n) is 6.11. The van der Waals surface area contributed by atoms with Crippen LogP contribution in [0.1, 0.15) is 107 Å². The van der Waals surface area contributed by atoms with E-state index in [0.717, 1.165) is 25.7 Å². The maximum absolute atomic E-state index is 13.1. The SMILES string of the molecule is CCCCCCCCCCCCCCC(CC(F)(F)F)Nc1ccc(C(=O)NCC(O)CO)cc1. The van der Waals surface area contributed by atoms with Gasteiger partial charge in [0.2, 0.25) is 0 Å². The maximum Gasteiger partial charge on any atom is 0.391 e. The molecule has 0 aliphatic carbocycles. The van der Waals surface area contributed by atoms with Crippen LogP contribution in [0.25, 0.3) is 0 Å². The smallest absolute Gasteiger partial charge is 0.391 e. The summed E-state index contributed by atoms with van der Waals surface area (Å²) in [5.41, 5.74) is 0.860. The number of benzene rings is 1. The van der Waals surface area contributed by atoms with Gasteiger partial charge in [0.05, 0.1) is 19.1 Å². The molecular weight excluding hydrogens is 457 g/mol. The summed E-state index contributed by atoms with van der Waals surface area (Å²) in [6.45, 7) is 1.68. The van der Waals surface area contributed by atoms with Crippen molar-refractivity contribution in [2.75, 3.05) is 18.5 Å². The van der Waals surface area contributed by atoms with E-state index in [2.05, 4.69) is 17.6 Å². The Morgan fingerprint density at radius 2 is 1.40 bits per heavy atom. The number of alkyl halides is 3. The molecule has 0 aliphatic rings. The van der Waals surface area contributed by atoms with Gasteiger partial charge in [-0.1, -0.05) is 84.0 Å². The zero-order valence-electron chi connectivity index (χ0n) is 21.2. The zero-order valence-corrected chi connectivity index (χ0v) is 21.2. The van der Waals surface area contributed by atoms with Crippen LogP contribution in [0.5, 0.6) is 0 Å². The Morgan fingerprint density at radius 1 is 0.886 bits per heavy atom. The average Bonchev–Trinajstić information content (AvgIpc) is 2.82. The largest absolute Gasteiger partial charge is 0.394 e. The fraction of sp³-hybridized carbons (Fsp3) is 0.741. The molecule has 5 nitrogen and oxygen atoms in total. The predicted molar refractivity (Wildman–Crippen MR) is 136 cm³/mol. The number of carbonyl (C=O) groups excluding carboxylic acids is 1. The first-order chi connectivity index (χ1) is 16.7. The van der Waals surface area contributed by atoms with Gasteiger partial charge in [-0.05, 0) is 30.7 Å². The van der Waals surface area contributed by atoms with Gasteiger partial charge in [-0.3, -0.25) is 4.79 Å². The Bertz CT molecular complexity index is 669. The number of carbonyl (C=O) groups is 1. The number of nitrogens with one attached hydrogen (secondary N) is 2. The number of rotatable bonds is 20. The molecule has 2 atom stereocenters. The molecule has 1 amide bonds. The molecule has 202 valence electrons. The number of halogens is 3. The highest BCUT2D eigenvalue weighted by atomic mass is 19.4. The first-order valence-corrected chi connectivity index (χ1v) is 13.3. The first kappa shape index (κ1) is 31.2. The zero-order chi connectivity index (χ0) is 25.9. The third kappa shape index (κ3) is 16.5. The second-order valence-electron chi connectivity index (χ2n) is 9.46. The number of hydrogen-bond acceptors (Lipinski definition) is 4. The Balaban J connectivity index is 2.35. The molecule has 0 bridgehead atoms. The lowest BCUT2D eigenvalue weighted by atomic mass is 10.0. The number of anilines is 1. The Kier molecular flexibility index (Phi) is 16.5. The summed E-state index contributed by atoms with van der Waals surface area (Å²) >= 11 is 0. The summed E-state index contributed by atoms with van der Waals surface area (Å²) in [4.78, 5) is 12.1. The summed E-state index contributed by atoms with van der Waals surface area (Å²) in [5.74, 6) is -0.424. The second-order valence-corrected chi connectivity index (χ2v) is 9.46. The third-order valence-corrected chi connectivity index (χ3v) is 6.11. The van der Waals surface area contributed by atoms with Gasteiger partial charge in [0.25, 0.3) is 5.91 Å². The molecular formula is C27H45F3N2O3. The van der Waals surface area contributed by atoms with E-state index >= 15 is 0 Å². The van der Waals surface area contributed by atoms with E-state index in [1.807, 2.05) is 0 Å². The van der Waals surface area contributed by atoms with Gasteiger partial charge in [0.1, 0.15) is 0 Å². The first-order valence-electron chi connectivity index (χ1n) is 13.3.